The van der Waals surface area contributed by atoms with Crippen LogP contribution in [0.4, 0.5) is 0 Å². The number of hydrogen-bond donors (Lipinski definition) is 2. The summed E-state index contributed by atoms with van der Waals surface area (Å²) in [5, 5.41) is 11.6. The number of aryl methyl sites for hydroxylation is 1. The van der Waals surface area contributed by atoms with Crippen LogP contribution in [0.1, 0.15) is 31.2 Å². The van der Waals surface area contributed by atoms with E-state index in [9.17, 15) is 8.42 Å². The molecule has 2 rings (SSSR count). The molecule has 0 atom stereocenters. The van der Waals surface area contributed by atoms with Gasteiger partial charge in [-0.1, -0.05) is 35.7 Å². The molecule has 0 aliphatic heterocycles. The van der Waals surface area contributed by atoms with Crippen LogP contribution in [0.25, 0.3) is 0 Å². The van der Waals surface area contributed by atoms with E-state index in [-0.39, 0.29) is 23.3 Å². The van der Waals surface area contributed by atoms with Crippen molar-refractivity contribution in [1.82, 2.24) is 4.31 Å². The highest BCUT2D eigenvalue weighted by molar-refractivity contribution is 7.89. The van der Waals surface area contributed by atoms with E-state index >= 15 is 0 Å². The smallest absolute Gasteiger partial charge is 0.243 e. The lowest BCUT2D eigenvalue weighted by molar-refractivity contribution is 0.308. The molecule has 1 aliphatic rings. The SMILES string of the molecule is Cc1ccc(S(=O)(=O)N(CC(N)=NO)C2CCCC2)cc1. The Morgan fingerprint density at radius 3 is 2.43 bits per heavy atom. The van der Waals surface area contributed by atoms with E-state index in [0.717, 1.165) is 31.2 Å². The minimum absolute atomic E-state index is 0.0859. The molecule has 3 N–H and O–H groups in total. The van der Waals surface area contributed by atoms with Crippen molar-refractivity contribution in [1.29, 1.82) is 0 Å². The van der Waals surface area contributed by atoms with Crippen LogP contribution in [0.2, 0.25) is 0 Å². The monoisotopic (exact) mass is 311 g/mol. The summed E-state index contributed by atoms with van der Waals surface area (Å²) in [4.78, 5) is 0.241. The van der Waals surface area contributed by atoms with Crippen LogP contribution < -0.4 is 5.73 Å². The standard InChI is InChI=1S/C14H21N3O3S/c1-11-6-8-13(9-7-11)21(19,20)17(10-14(15)16-18)12-4-2-3-5-12/h6-9,12,18H,2-5,10H2,1H3,(H2,15,16). The molecule has 0 unspecified atom stereocenters. The van der Waals surface area contributed by atoms with Crippen molar-refractivity contribution < 1.29 is 13.6 Å². The molecule has 1 aromatic carbocycles. The first kappa shape index (κ1) is 15.8. The molecule has 1 aromatic rings. The zero-order valence-corrected chi connectivity index (χ0v) is 12.9. The fourth-order valence-electron chi connectivity index (χ4n) is 2.64. The lowest BCUT2D eigenvalue weighted by Gasteiger charge is -2.27. The minimum atomic E-state index is -3.65. The maximum absolute atomic E-state index is 12.8. The van der Waals surface area contributed by atoms with Crippen LogP contribution >= 0.6 is 0 Å². The first-order valence-corrected chi connectivity index (χ1v) is 8.44. The van der Waals surface area contributed by atoms with Gasteiger partial charge in [0.25, 0.3) is 0 Å². The number of nitrogens with two attached hydrogens (primary N) is 1. The molecule has 1 fully saturated rings. The average Bonchev–Trinajstić information content (AvgIpc) is 2.98. The second-order valence-corrected chi connectivity index (χ2v) is 7.28. The number of benzene rings is 1. The lowest BCUT2D eigenvalue weighted by atomic mass is 10.2. The van der Waals surface area contributed by atoms with Crippen LogP contribution in [-0.2, 0) is 10.0 Å². The van der Waals surface area contributed by atoms with E-state index in [1.807, 2.05) is 6.92 Å². The Morgan fingerprint density at radius 2 is 1.90 bits per heavy atom. The quantitative estimate of drug-likeness (QED) is 0.374. The Hall–Kier alpha value is -1.60. The summed E-state index contributed by atoms with van der Waals surface area (Å²) in [6, 6.07) is 6.64. The summed E-state index contributed by atoms with van der Waals surface area (Å²) in [6.45, 7) is 1.82. The molecular formula is C14H21N3O3S. The highest BCUT2D eigenvalue weighted by atomic mass is 32.2. The second kappa shape index (κ2) is 6.44. The summed E-state index contributed by atoms with van der Waals surface area (Å²) in [6.07, 6.45) is 3.62. The normalized spacial score (nSPS) is 17.5. The van der Waals surface area contributed by atoms with E-state index in [0.29, 0.717) is 0 Å². The maximum atomic E-state index is 12.8. The zero-order chi connectivity index (χ0) is 15.5. The number of nitrogens with zero attached hydrogens (tertiary/aromatic N) is 2. The van der Waals surface area contributed by atoms with Crippen LogP contribution in [-0.4, -0.2) is 36.4 Å². The molecule has 0 heterocycles. The van der Waals surface area contributed by atoms with Gasteiger partial charge in [0.15, 0.2) is 5.84 Å². The summed E-state index contributed by atoms with van der Waals surface area (Å²) < 4.78 is 27.0. The fraction of sp³-hybridized carbons (Fsp3) is 0.500. The van der Waals surface area contributed by atoms with Crippen LogP contribution in [0.15, 0.2) is 34.3 Å². The molecule has 1 saturated carbocycles. The molecule has 0 spiro atoms. The Labute approximate surface area is 125 Å². The summed E-state index contributed by atoms with van der Waals surface area (Å²) in [7, 11) is -3.65. The van der Waals surface area contributed by atoms with Gasteiger partial charge >= 0.3 is 0 Å². The molecule has 116 valence electrons. The molecular weight excluding hydrogens is 290 g/mol. The van der Waals surface area contributed by atoms with E-state index in [1.165, 1.54) is 4.31 Å². The Bertz CT molecular complexity index is 605. The van der Waals surface area contributed by atoms with Crippen molar-refractivity contribution in [2.24, 2.45) is 10.9 Å². The predicted molar refractivity (Wildman–Crippen MR) is 80.7 cm³/mol. The molecule has 0 radical (unpaired) electrons. The highest BCUT2D eigenvalue weighted by Crippen LogP contribution is 2.28. The van der Waals surface area contributed by atoms with Gasteiger partial charge in [-0.05, 0) is 31.9 Å². The van der Waals surface area contributed by atoms with Gasteiger partial charge in [0.2, 0.25) is 10.0 Å². The van der Waals surface area contributed by atoms with Gasteiger partial charge in [0.1, 0.15) is 0 Å². The fourth-order valence-corrected chi connectivity index (χ4v) is 4.30. The number of sulfonamides is 1. The molecule has 1 aliphatic carbocycles. The molecule has 0 bridgehead atoms. The van der Waals surface area contributed by atoms with Gasteiger partial charge in [-0.25, -0.2) is 8.42 Å². The first-order chi connectivity index (χ1) is 9.95. The molecule has 0 aromatic heterocycles. The van der Waals surface area contributed by atoms with Crippen LogP contribution in [0.3, 0.4) is 0 Å². The van der Waals surface area contributed by atoms with Crippen molar-refractivity contribution in [2.45, 2.75) is 43.5 Å². The molecule has 0 amide bonds. The third-order valence-electron chi connectivity index (χ3n) is 3.81. The third-order valence-corrected chi connectivity index (χ3v) is 5.72. The van der Waals surface area contributed by atoms with Gasteiger partial charge in [-0.3, -0.25) is 0 Å². The van der Waals surface area contributed by atoms with Crippen molar-refractivity contribution in [3.63, 3.8) is 0 Å². The third kappa shape index (κ3) is 3.54. The van der Waals surface area contributed by atoms with Crippen LogP contribution in [0.5, 0.6) is 0 Å². The molecule has 21 heavy (non-hydrogen) atoms. The van der Waals surface area contributed by atoms with Gasteiger partial charge in [-0.15, -0.1) is 0 Å². The minimum Gasteiger partial charge on any atom is -0.409 e. The average molecular weight is 311 g/mol. The lowest BCUT2D eigenvalue weighted by Crippen LogP contribution is -2.44. The zero-order valence-electron chi connectivity index (χ0n) is 12.1. The summed E-state index contributed by atoms with van der Waals surface area (Å²) in [5.41, 5.74) is 6.53. The Morgan fingerprint density at radius 1 is 1.33 bits per heavy atom. The van der Waals surface area contributed by atoms with E-state index < -0.39 is 10.0 Å². The summed E-state index contributed by atoms with van der Waals surface area (Å²) in [5.74, 6) is -0.0995. The van der Waals surface area contributed by atoms with Gasteiger partial charge in [0.05, 0.1) is 11.4 Å². The number of amidine groups is 1. The van der Waals surface area contributed by atoms with Crippen molar-refractivity contribution in [3.8, 4) is 0 Å². The first-order valence-electron chi connectivity index (χ1n) is 7.00. The van der Waals surface area contributed by atoms with Gasteiger partial charge in [0, 0.05) is 6.04 Å². The van der Waals surface area contributed by atoms with Crippen molar-refractivity contribution in [2.75, 3.05) is 6.54 Å². The number of rotatable bonds is 5. The Kier molecular flexibility index (Phi) is 4.84. The largest absolute Gasteiger partial charge is 0.409 e. The van der Waals surface area contributed by atoms with Crippen LogP contribution in [0, 0.1) is 6.92 Å². The van der Waals surface area contributed by atoms with E-state index in [1.54, 1.807) is 24.3 Å². The number of oxime groups is 1. The maximum Gasteiger partial charge on any atom is 0.243 e. The predicted octanol–water partition coefficient (Wildman–Crippen LogP) is 1.67. The molecule has 7 heteroatoms. The molecule has 0 saturated heterocycles. The highest BCUT2D eigenvalue weighted by Gasteiger charge is 2.33. The topological polar surface area (TPSA) is 96.0 Å². The van der Waals surface area contributed by atoms with Crippen molar-refractivity contribution >= 4 is 15.9 Å². The van der Waals surface area contributed by atoms with Crippen molar-refractivity contribution in [3.05, 3.63) is 29.8 Å². The van der Waals surface area contributed by atoms with Gasteiger partial charge < -0.3 is 10.9 Å². The molecule has 6 nitrogen and oxygen atoms in total. The van der Waals surface area contributed by atoms with Gasteiger partial charge in [-0.2, -0.15) is 4.31 Å². The second-order valence-electron chi connectivity index (χ2n) is 5.39. The van der Waals surface area contributed by atoms with E-state index in [4.69, 9.17) is 10.9 Å². The number of hydrogen-bond acceptors (Lipinski definition) is 4. The summed E-state index contributed by atoms with van der Waals surface area (Å²) >= 11 is 0. The van der Waals surface area contributed by atoms with E-state index in [2.05, 4.69) is 5.16 Å². The Balaban J connectivity index is 2.35.